The van der Waals surface area contributed by atoms with Crippen LogP contribution in [-0.2, 0) is 4.79 Å². The van der Waals surface area contributed by atoms with Crippen LogP contribution in [0.2, 0.25) is 0 Å². The Hall–Kier alpha value is -3.35. The van der Waals surface area contributed by atoms with E-state index in [1.807, 2.05) is 25.1 Å². The molecule has 0 spiro atoms. The quantitative estimate of drug-likeness (QED) is 0.677. The minimum absolute atomic E-state index is 0.100. The van der Waals surface area contributed by atoms with E-state index in [1.54, 1.807) is 30.1 Å². The number of benzene rings is 2. The van der Waals surface area contributed by atoms with E-state index in [1.165, 1.54) is 12.1 Å². The molecule has 1 atom stereocenters. The molecule has 6 nitrogen and oxygen atoms in total. The fourth-order valence-electron chi connectivity index (χ4n) is 3.53. The Bertz CT molecular complexity index is 1030. The van der Waals surface area contributed by atoms with Gasteiger partial charge in [0.2, 0.25) is 5.91 Å². The summed E-state index contributed by atoms with van der Waals surface area (Å²) in [5.74, 6) is 1.33. The molecule has 1 aliphatic rings. The largest absolute Gasteiger partial charge is 0.493 e. The molecule has 4 rings (SSSR count). The number of fused-ring (bicyclic) bond motifs is 1. The number of ether oxygens (including phenoxy) is 2. The lowest BCUT2D eigenvalue weighted by atomic mass is 9.87. The Kier molecular flexibility index (Phi) is 5.20. The van der Waals surface area contributed by atoms with Gasteiger partial charge in [-0.2, -0.15) is 5.10 Å². The van der Waals surface area contributed by atoms with Crippen molar-refractivity contribution in [3.8, 4) is 17.2 Å². The van der Waals surface area contributed by atoms with Crippen molar-refractivity contribution in [3.05, 3.63) is 65.6 Å². The molecule has 0 bridgehead atoms. The molecule has 1 amide bonds. The van der Waals surface area contributed by atoms with Gasteiger partial charge in [0.05, 0.1) is 25.6 Å². The van der Waals surface area contributed by atoms with Crippen LogP contribution in [0.25, 0.3) is 5.69 Å². The van der Waals surface area contributed by atoms with Crippen molar-refractivity contribution in [1.29, 1.82) is 0 Å². The summed E-state index contributed by atoms with van der Waals surface area (Å²) < 4.78 is 26.1. The number of methoxy groups -OCH3 is 1. The number of nitrogens with zero attached hydrogens (tertiary/aromatic N) is 2. The highest BCUT2D eigenvalue weighted by Crippen LogP contribution is 2.40. The first kappa shape index (κ1) is 19.0. The van der Waals surface area contributed by atoms with Gasteiger partial charge in [-0.15, -0.1) is 0 Å². The van der Waals surface area contributed by atoms with Gasteiger partial charge in [-0.1, -0.05) is 13.0 Å². The summed E-state index contributed by atoms with van der Waals surface area (Å²) in [6.45, 7) is 2.65. The lowest BCUT2D eigenvalue weighted by Gasteiger charge is -2.24. The third-order valence-corrected chi connectivity index (χ3v) is 4.94. The number of aromatic nitrogens is 2. The van der Waals surface area contributed by atoms with Crippen LogP contribution in [0, 0.1) is 5.82 Å². The van der Waals surface area contributed by atoms with Crippen LogP contribution in [0.4, 0.5) is 10.2 Å². The van der Waals surface area contributed by atoms with Gasteiger partial charge in [0.25, 0.3) is 0 Å². The number of hydrogen-bond acceptors (Lipinski definition) is 4. The first-order valence-electron chi connectivity index (χ1n) is 9.55. The summed E-state index contributed by atoms with van der Waals surface area (Å²) in [6.07, 6.45) is 2.96. The third kappa shape index (κ3) is 3.68. The van der Waals surface area contributed by atoms with Crippen molar-refractivity contribution in [2.45, 2.75) is 25.7 Å². The van der Waals surface area contributed by atoms with Crippen molar-refractivity contribution in [2.75, 3.05) is 19.0 Å². The predicted molar refractivity (Wildman–Crippen MR) is 107 cm³/mol. The molecule has 0 saturated carbocycles. The van der Waals surface area contributed by atoms with Crippen molar-refractivity contribution in [1.82, 2.24) is 9.78 Å². The highest BCUT2D eigenvalue weighted by Gasteiger charge is 2.31. The van der Waals surface area contributed by atoms with Gasteiger partial charge >= 0.3 is 0 Å². The molecule has 7 heteroatoms. The van der Waals surface area contributed by atoms with Gasteiger partial charge in [-0.25, -0.2) is 9.07 Å². The van der Waals surface area contributed by atoms with Gasteiger partial charge in [0, 0.05) is 17.9 Å². The number of carbonyl (C=O) groups excluding carboxylic acids is 1. The number of halogens is 1. The van der Waals surface area contributed by atoms with E-state index in [2.05, 4.69) is 10.4 Å². The molecule has 0 aliphatic carbocycles. The smallest absolute Gasteiger partial charge is 0.226 e. The second-order valence-electron chi connectivity index (χ2n) is 6.90. The van der Waals surface area contributed by atoms with E-state index < -0.39 is 0 Å². The van der Waals surface area contributed by atoms with Crippen LogP contribution >= 0.6 is 0 Å². The Morgan fingerprint density at radius 3 is 2.72 bits per heavy atom. The fraction of sp³-hybridized carbons (Fsp3) is 0.273. The number of hydrogen-bond donors (Lipinski definition) is 1. The molecule has 0 unspecified atom stereocenters. The Balaban J connectivity index is 1.72. The molecule has 2 aromatic carbocycles. The summed E-state index contributed by atoms with van der Waals surface area (Å²) in [5, 5.41) is 7.33. The zero-order valence-corrected chi connectivity index (χ0v) is 16.3. The molecule has 1 aromatic heterocycles. The van der Waals surface area contributed by atoms with E-state index in [4.69, 9.17) is 9.47 Å². The molecule has 150 valence electrons. The molecule has 1 aliphatic heterocycles. The summed E-state index contributed by atoms with van der Waals surface area (Å²) in [5.41, 5.74) is 2.52. The molecule has 0 fully saturated rings. The Labute approximate surface area is 168 Å². The third-order valence-electron chi connectivity index (χ3n) is 4.94. The molecular weight excluding hydrogens is 373 g/mol. The van der Waals surface area contributed by atoms with Crippen LogP contribution < -0.4 is 14.8 Å². The van der Waals surface area contributed by atoms with E-state index >= 15 is 0 Å². The average Bonchev–Trinajstić information content (AvgIpc) is 3.15. The first-order chi connectivity index (χ1) is 14.1. The van der Waals surface area contributed by atoms with Gasteiger partial charge in [-0.3, -0.25) is 4.79 Å². The van der Waals surface area contributed by atoms with Crippen LogP contribution in [0.1, 0.15) is 36.8 Å². The number of anilines is 1. The topological polar surface area (TPSA) is 65.4 Å². The van der Waals surface area contributed by atoms with E-state index in [0.29, 0.717) is 36.0 Å². The van der Waals surface area contributed by atoms with E-state index in [9.17, 15) is 9.18 Å². The summed E-state index contributed by atoms with van der Waals surface area (Å²) >= 11 is 0. The predicted octanol–water partition coefficient (Wildman–Crippen LogP) is 4.28. The van der Waals surface area contributed by atoms with Crippen LogP contribution in [0.3, 0.4) is 0 Å². The van der Waals surface area contributed by atoms with Gasteiger partial charge in [-0.05, 0) is 48.4 Å². The molecule has 0 saturated heterocycles. The summed E-state index contributed by atoms with van der Waals surface area (Å²) in [7, 11) is 1.60. The maximum absolute atomic E-state index is 13.3. The summed E-state index contributed by atoms with van der Waals surface area (Å²) in [6, 6.07) is 11.7. The number of rotatable bonds is 6. The fourth-order valence-corrected chi connectivity index (χ4v) is 3.53. The minimum Gasteiger partial charge on any atom is -0.493 e. The average molecular weight is 395 g/mol. The standard InChI is InChI=1S/C22H22FN3O3/c1-3-10-29-19-9-4-14(11-20(19)28-2)17-12-21(27)25-22-18(17)13-24-26(22)16-7-5-15(23)6-8-16/h4-9,11,13,17H,3,10,12H2,1-2H3,(H,25,27)/t17-/m0/s1. The first-order valence-corrected chi connectivity index (χ1v) is 9.55. The van der Waals surface area contributed by atoms with E-state index in [-0.39, 0.29) is 17.6 Å². The molecular formula is C22H22FN3O3. The highest BCUT2D eigenvalue weighted by atomic mass is 19.1. The zero-order chi connectivity index (χ0) is 20.4. The normalized spacial score (nSPS) is 15.6. The Morgan fingerprint density at radius 2 is 2.00 bits per heavy atom. The number of carbonyl (C=O) groups is 1. The monoisotopic (exact) mass is 395 g/mol. The number of amides is 1. The number of nitrogens with one attached hydrogen (secondary N) is 1. The summed E-state index contributed by atoms with van der Waals surface area (Å²) in [4.78, 5) is 12.4. The highest BCUT2D eigenvalue weighted by molar-refractivity contribution is 5.94. The molecule has 1 N–H and O–H groups in total. The van der Waals surface area contributed by atoms with Gasteiger partial charge in [0.1, 0.15) is 11.6 Å². The van der Waals surface area contributed by atoms with Crippen molar-refractivity contribution in [2.24, 2.45) is 0 Å². The second-order valence-corrected chi connectivity index (χ2v) is 6.90. The Morgan fingerprint density at radius 1 is 1.21 bits per heavy atom. The molecule has 29 heavy (non-hydrogen) atoms. The van der Waals surface area contributed by atoms with Crippen molar-refractivity contribution in [3.63, 3.8) is 0 Å². The van der Waals surface area contributed by atoms with Crippen LogP contribution in [0.5, 0.6) is 11.5 Å². The maximum atomic E-state index is 13.3. The minimum atomic E-state index is -0.325. The molecule has 0 radical (unpaired) electrons. The second kappa shape index (κ2) is 7.95. The van der Waals surface area contributed by atoms with Crippen molar-refractivity contribution >= 4 is 11.7 Å². The van der Waals surface area contributed by atoms with Crippen molar-refractivity contribution < 1.29 is 18.7 Å². The lowest BCUT2D eigenvalue weighted by Crippen LogP contribution is -2.24. The molecule has 2 heterocycles. The lowest BCUT2D eigenvalue weighted by molar-refractivity contribution is -0.116. The van der Waals surface area contributed by atoms with Crippen LogP contribution in [0.15, 0.2) is 48.7 Å². The van der Waals surface area contributed by atoms with Gasteiger partial charge in [0.15, 0.2) is 11.5 Å². The van der Waals surface area contributed by atoms with E-state index in [0.717, 1.165) is 17.5 Å². The zero-order valence-electron chi connectivity index (χ0n) is 16.3. The maximum Gasteiger partial charge on any atom is 0.226 e. The van der Waals surface area contributed by atoms with Gasteiger partial charge < -0.3 is 14.8 Å². The van der Waals surface area contributed by atoms with Crippen LogP contribution in [-0.4, -0.2) is 29.4 Å². The SMILES string of the molecule is CCCOc1ccc([C@@H]2CC(=O)Nc3c2cnn3-c2ccc(F)cc2)cc1OC. The molecule has 3 aromatic rings.